The van der Waals surface area contributed by atoms with Crippen molar-refractivity contribution in [2.45, 2.75) is 43.0 Å². The monoisotopic (exact) mass is 289 g/mol. The number of sulfone groups is 1. The van der Waals surface area contributed by atoms with Crippen LogP contribution in [0.15, 0.2) is 4.90 Å². The summed E-state index contributed by atoms with van der Waals surface area (Å²) >= 11 is 1.18. The lowest BCUT2D eigenvalue weighted by Crippen LogP contribution is -2.33. The number of rotatable bonds is 3. The van der Waals surface area contributed by atoms with Crippen LogP contribution < -0.4 is 10.6 Å². The molecular formula is C11H19N3O2S2. The largest absolute Gasteiger partial charge is 0.382 e. The van der Waals surface area contributed by atoms with Gasteiger partial charge in [0.15, 0.2) is 15.7 Å². The van der Waals surface area contributed by atoms with Gasteiger partial charge in [0.05, 0.1) is 0 Å². The summed E-state index contributed by atoms with van der Waals surface area (Å²) in [4.78, 5) is 2.24. The third-order valence-electron chi connectivity index (χ3n) is 3.47. The van der Waals surface area contributed by atoms with E-state index in [1.165, 1.54) is 37.1 Å². The quantitative estimate of drug-likeness (QED) is 0.919. The van der Waals surface area contributed by atoms with Gasteiger partial charge in [-0.25, -0.2) is 8.42 Å². The Bertz CT molecular complexity index is 518. The molecule has 0 spiro atoms. The normalized spacial score (nSPS) is 17.9. The molecule has 1 aliphatic rings. The average Bonchev–Trinajstić information content (AvgIpc) is 2.71. The van der Waals surface area contributed by atoms with E-state index < -0.39 is 9.84 Å². The van der Waals surface area contributed by atoms with Gasteiger partial charge < -0.3 is 10.6 Å². The summed E-state index contributed by atoms with van der Waals surface area (Å²) in [5, 5.41) is 0.682. The van der Waals surface area contributed by atoms with Crippen molar-refractivity contribution in [3.63, 3.8) is 0 Å². The Morgan fingerprint density at radius 3 is 2.50 bits per heavy atom. The van der Waals surface area contributed by atoms with Crippen LogP contribution in [0.25, 0.3) is 0 Å². The first-order valence-corrected chi connectivity index (χ1v) is 8.76. The Morgan fingerprint density at radius 1 is 1.33 bits per heavy atom. The van der Waals surface area contributed by atoms with Gasteiger partial charge in [0.1, 0.15) is 9.90 Å². The fraction of sp³-hybridized carbons (Fsp3) is 0.727. The number of nitrogen functional groups attached to an aromatic ring is 1. The van der Waals surface area contributed by atoms with Gasteiger partial charge in [-0.3, -0.25) is 0 Å². The first-order valence-electron chi connectivity index (χ1n) is 6.09. The van der Waals surface area contributed by atoms with Crippen LogP contribution in [-0.2, 0) is 9.84 Å². The second kappa shape index (κ2) is 5.05. The highest BCUT2D eigenvalue weighted by Gasteiger charge is 2.27. The average molecular weight is 289 g/mol. The minimum absolute atomic E-state index is 0.125. The molecule has 0 amide bonds. The maximum Gasteiger partial charge on any atom is 0.182 e. The standard InChI is InChI=1S/C11H19N3O2S2/c1-14(8-6-4-3-5-7-8)11-9(18(2,15)16)10(12)13-17-11/h8H,3-7H2,1-2H3,(H2,12,13). The summed E-state index contributed by atoms with van der Waals surface area (Å²) in [6.45, 7) is 0. The number of nitrogens with zero attached hydrogens (tertiary/aromatic N) is 2. The van der Waals surface area contributed by atoms with E-state index in [4.69, 9.17) is 5.73 Å². The molecule has 1 aliphatic carbocycles. The molecule has 18 heavy (non-hydrogen) atoms. The number of hydrogen-bond donors (Lipinski definition) is 1. The van der Waals surface area contributed by atoms with Crippen molar-refractivity contribution in [2.75, 3.05) is 23.9 Å². The van der Waals surface area contributed by atoms with E-state index in [-0.39, 0.29) is 10.7 Å². The van der Waals surface area contributed by atoms with Crippen LogP contribution in [-0.4, -0.2) is 32.1 Å². The Balaban J connectivity index is 2.33. The van der Waals surface area contributed by atoms with Gasteiger partial charge >= 0.3 is 0 Å². The van der Waals surface area contributed by atoms with Crippen LogP contribution in [0.3, 0.4) is 0 Å². The molecule has 0 bridgehead atoms. The minimum Gasteiger partial charge on any atom is -0.382 e. The first kappa shape index (κ1) is 13.6. The molecule has 1 aromatic heterocycles. The van der Waals surface area contributed by atoms with Crippen LogP contribution in [0.2, 0.25) is 0 Å². The van der Waals surface area contributed by atoms with Crippen LogP contribution in [0.1, 0.15) is 32.1 Å². The summed E-state index contributed by atoms with van der Waals surface area (Å²) < 4.78 is 27.6. The first-order chi connectivity index (χ1) is 8.41. The van der Waals surface area contributed by atoms with E-state index in [1.54, 1.807) is 0 Å². The fourth-order valence-corrected chi connectivity index (χ4v) is 4.74. The molecule has 0 radical (unpaired) electrons. The molecule has 1 heterocycles. The molecule has 0 atom stereocenters. The van der Waals surface area contributed by atoms with Crippen molar-refractivity contribution in [1.29, 1.82) is 0 Å². The predicted molar refractivity (Wildman–Crippen MR) is 74.9 cm³/mol. The van der Waals surface area contributed by atoms with E-state index in [1.807, 2.05) is 11.9 Å². The fourth-order valence-electron chi connectivity index (χ4n) is 2.49. The molecule has 0 aliphatic heterocycles. The molecule has 2 N–H and O–H groups in total. The van der Waals surface area contributed by atoms with E-state index in [2.05, 4.69) is 4.37 Å². The van der Waals surface area contributed by atoms with Crippen molar-refractivity contribution in [2.24, 2.45) is 0 Å². The lowest BCUT2D eigenvalue weighted by molar-refractivity contribution is 0.428. The molecule has 2 rings (SSSR count). The van der Waals surface area contributed by atoms with E-state index in [0.717, 1.165) is 12.8 Å². The second-order valence-electron chi connectivity index (χ2n) is 4.88. The third kappa shape index (κ3) is 2.61. The van der Waals surface area contributed by atoms with Gasteiger partial charge in [-0.05, 0) is 24.4 Å². The number of nitrogens with two attached hydrogens (primary N) is 1. The van der Waals surface area contributed by atoms with Gasteiger partial charge in [-0.1, -0.05) is 19.3 Å². The zero-order chi connectivity index (χ0) is 13.3. The zero-order valence-electron chi connectivity index (χ0n) is 10.7. The maximum absolute atomic E-state index is 11.8. The molecule has 0 unspecified atom stereocenters. The summed E-state index contributed by atoms with van der Waals surface area (Å²) in [5.41, 5.74) is 5.69. The smallest absolute Gasteiger partial charge is 0.182 e. The van der Waals surface area contributed by atoms with Crippen LogP contribution in [0.5, 0.6) is 0 Å². The lowest BCUT2D eigenvalue weighted by atomic mass is 9.95. The van der Waals surface area contributed by atoms with Crippen molar-refractivity contribution >= 4 is 32.2 Å². The highest BCUT2D eigenvalue weighted by atomic mass is 32.2. The molecule has 1 saturated carbocycles. The number of anilines is 2. The minimum atomic E-state index is -3.32. The van der Waals surface area contributed by atoms with Gasteiger partial charge in [0.25, 0.3) is 0 Å². The molecule has 1 aromatic rings. The Morgan fingerprint density at radius 2 is 1.94 bits per heavy atom. The molecule has 0 saturated heterocycles. The van der Waals surface area contributed by atoms with Crippen molar-refractivity contribution in [1.82, 2.24) is 4.37 Å². The highest BCUT2D eigenvalue weighted by molar-refractivity contribution is 7.91. The SMILES string of the molecule is CN(c1snc(N)c1S(C)(=O)=O)C1CCCCC1. The molecule has 0 aromatic carbocycles. The summed E-state index contributed by atoms with van der Waals surface area (Å²) in [7, 11) is -1.38. The number of hydrogen-bond acceptors (Lipinski definition) is 6. The molecule has 102 valence electrons. The van der Waals surface area contributed by atoms with E-state index in [0.29, 0.717) is 11.0 Å². The van der Waals surface area contributed by atoms with Crippen molar-refractivity contribution in [3.05, 3.63) is 0 Å². The number of aromatic nitrogens is 1. The molecule has 1 fully saturated rings. The Kier molecular flexibility index (Phi) is 3.82. The molecular weight excluding hydrogens is 270 g/mol. The van der Waals surface area contributed by atoms with Crippen LogP contribution >= 0.6 is 11.5 Å². The van der Waals surface area contributed by atoms with Crippen LogP contribution in [0, 0.1) is 0 Å². The zero-order valence-corrected chi connectivity index (χ0v) is 12.4. The van der Waals surface area contributed by atoms with Gasteiger partial charge in [-0.2, -0.15) is 4.37 Å². The maximum atomic E-state index is 11.8. The van der Waals surface area contributed by atoms with E-state index >= 15 is 0 Å². The predicted octanol–water partition coefficient (Wildman–Crippen LogP) is 1.90. The Labute approximate surface area is 112 Å². The van der Waals surface area contributed by atoms with E-state index in [9.17, 15) is 8.42 Å². The Hall–Kier alpha value is -0.820. The summed E-state index contributed by atoms with van der Waals surface area (Å²) in [5.74, 6) is 0.125. The molecule has 7 heteroatoms. The second-order valence-corrected chi connectivity index (χ2v) is 7.58. The lowest BCUT2D eigenvalue weighted by Gasteiger charge is -2.32. The topological polar surface area (TPSA) is 76.3 Å². The summed E-state index contributed by atoms with van der Waals surface area (Å²) in [6, 6.07) is 0.402. The highest BCUT2D eigenvalue weighted by Crippen LogP contribution is 2.37. The van der Waals surface area contributed by atoms with Gasteiger partial charge in [-0.15, -0.1) is 0 Å². The van der Waals surface area contributed by atoms with Gasteiger partial charge in [0, 0.05) is 19.3 Å². The van der Waals surface area contributed by atoms with Crippen molar-refractivity contribution in [3.8, 4) is 0 Å². The van der Waals surface area contributed by atoms with Gasteiger partial charge in [0.2, 0.25) is 0 Å². The van der Waals surface area contributed by atoms with Crippen LogP contribution in [0.4, 0.5) is 10.8 Å². The third-order valence-corrected chi connectivity index (χ3v) is 5.70. The molecule has 5 nitrogen and oxygen atoms in total. The van der Waals surface area contributed by atoms with Crippen molar-refractivity contribution < 1.29 is 8.42 Å². The summed E-state index contributed by atoms with van der Waals surface area (Å²) in [6.07, 6.45) is 7.09.